The molecule has 0 saturated heterocycles. The van der Waals surface area contributed by atoms with E-state index in [2.05, 4.69) is 4.98 Å². The summed E-state index contributed by atoms with van der Waals surface area (Å²) in [4.78, 5) is 4.04. The van der Waals surface area contributed by atoms with Gasteiger partial charge in [-0.05, 0) is 12.1 Å². The van der Waals surface area contributed by atoms with Gasteiger partial charge in [0.05, 0.1) is 6.26 Å². The zero-order valence-corrected chi connectivity index (χ0v) is 7.28. The maximum atomic E-state index is 5.44. The lowest BCUT2D eigenvalue weighted by molar-refractivity contribution is 0.527. The molecule has 0 radical (unpaired) electrons. The van der Waals surface area contributed by atoms with Crippen molar-refractivity contribution in [3.8, 4) is 11.5 Å². The molecule has 0 atom stereocenters. The quantitative estimate of drug-likeness (QED) is 0.764. The number of hydrogen-bond acceptors (Lipinski definition) is 4. The minimum Gasteiger partial charge on any atom is -0.463 e. The lowest BCUT2D eigenvalue weighted by Gasteiger charge is -1.91. The van der Waals surface area contributed by atoms with E-state index >= 15 is 0 Å². The predicted octanol–water partition coefficient (Wildman–Crippen LogP) is 2.08. The molecule has 2 heterocycles. The van der Waals surface area contributed by atoms with Crippen LogP contribution < -0.4 is 5.73 Å². The zero-order chi connectivity index (χ0) is 9.26. The topological polar surface area (TPSA) is 65.2 Å². The largest absolute Gasteiger partial charge is 0.463 e. The fraction of sp³-hybridized carbons (Fsp3) is 0.222. The molecular weight excluding hydrogens is 168 g/mol. The summed E-state index contributed by atoms with van der Waals surface area (Å²) in [5.74, 6) is 1.45. The van der Waals surface area contributed by atoms with E-state index in [1.807, 2.05) is 13.0 Å². The molecule has 0 unspecified atom stereocenters. The Kier molecular flexibility index (Phi) is 1.81. The first kappa shape index (κ1) is 7.91. The summed E-state index contributed by atoms with van der Waals surface area (Å²) in [5, 5.41) is 0. The van der Waals surface area contributed by atoms with E-state index in [4.69, 9.17) is 14.6 Å². The molecule has 2 rings (SSSR count). The Bertz CT molecular complexity index is 390. The van der Waals surface area contributed by atoms with Gasteiger partial charge < -0.3 is 14.6 Å². The van der Waals surface area contributed by atoms with E-state index < -0.39 is 0 Å². The van der Waals surface area contributed by atoms with Crippen LogP contribution in [-0.4, -0.2) is 4.98 Å². The van der Waals surface area contributed by atoms with Gasteiger partial charge in [0.1, 0.15) is 11.5 Å². The maximum absolute atomic E-state index is 5.44. The molecule has 2 N–H and O–H groups in total. The molecule has 4 heteroatoms. The van der Waals surface area contributed by atoms with Gasteiger partial charge in [-0.15, -0.1) is 0 Å². The van der Waals surface area contributed by atoms with Gasteiger partial charge >= 0.3 is 0 Å². The Labute approximate surface area is 75.4 Å². The first-order chi connectivity index (χ1) is 6.31. The average Bonchev–Trinajstić information content (AvgIpc) is 2.71. The second kappa shape index (κ2) is 2.97. The standard InChI is InChI=1S/C9H10N2O2/c1-2-6-8(11-9(10)13-6)7-4-3-5-12-7/h3-5H,2H2,1H3,(H2,10,11). The molecule has 2 aromatic rings. The number of furan rings is 1. The number of aryl methyl sites for hydroxylation is 1. The second-order valence-electron chi connectivity index (χ2n) is 2.65. The summed E-state index contributed by atoms with van der Waals surface area (Å²) < 4.78 is 10.4. The average molecular weight is 178 g/mol. The predicted molar refractivity (Wildman–Crippen MR) is 48.0 cm³/mol. The highest BCUT2D eigenvalue weighted by Gasteiger charge is 2.13. The Morgan fingerprint density at radius 3 is 3.00 bits per heavy atom. The lowest BCUT2D eigenvalue weighted by atomic mass is 10.2. The number of oxazole rings is 1. The summed E-state index contributed by atoms with van der Waals surface area (Å²) in [6, 6.07) is 3.82. The van der Waals surface area contributed by atoms with E-state index in [1.165, 1.54) is 0 Å². The summed E-state index contributed by atoms with van der Waals surface area (Å²) >= 11 is 0. The van der Waals surface area contributed by atoms with Crippen LogP contribution in [0.2, 0.25) is 0 Å². The van der Waals surface area contributed by atoms with Crippen LogP contribution in [-0.2, 0) is 6.42 Å². The van der Waals surface area contributed by atoms with Crippen molar-refractivity contribution in [2.24, 2.45) is 0 Å². The van der Waals surface area contributed by atoms with Crippen LogP contribution >= 0.6 is 0 Å². The Morgan fingerprint density at radius 1 is 1.54 bits per heavy atom. The van der Waals surface area contributed by atoms with E-state index in [-0.39, 0.29) is 6.01 Å². The molecule has 0 spiro atoms. The maximum Gasteiger partial charge on any atom is 0.292 e. The Balaban J connectivity index is 2.50. The van der Waals surface area contributed by atoms with Crippen molar-refractivity contribution in [3.05, 3.63) is 24.2 Å². The summed E-state index contributed by atoms with van der Waals surface area (Å²) in [7, 11) is 0. The van der Waals surface area contributed by atoms with E-state index in [1.54, 1.807) is 12.3 Å². The first-order valence-electron chi connectivity index (χ1n) is 4.10. The highest BCUT2D eigenvalue weighted by molar-refractivity contribution is 5.56. The molecule has 0 bridgehead atoms. The number of nitrogens with zero attached hydrogens (tertiary/aromatic N) is 1. The number of rotatable bonds is 2. The van der Waals surface area contributed by atoms with Crippen molar-refractivity contribution in [1.29, 1.82) is 0 Å². The highest BCUT2D eigenvalue weighted by atomic mass is 16.4. The SMILES string of the molecule is CCc1oc(N)nc1-c1ccco1. The smallest absolute Gasteiger partial charge is 0.292 e. The fourth-order valence-electron chi connectivity index (χ4n) is 1.22. The minimum absolute atomic E-state index is 0.184. The molecule has 2 aromatic heterocycles. The highest BCUT2D eigenvalue weighted by Crippen LogP contribution is 2.25. The van der Waals surface area contributed by atoms with E-state index in [9.17, 15) is 0 Å². The number of anilines is 1. The summed E-state index contributed by atoms with van der Waals surface area (Å²) in [6.07, 6.45) is 2.35. The van der Waals surface area contributed by atoms with Gasteiger partial charge in [-0.3, -0.25) is 0 Å². The third kappa shape index (κ3) is 1.30. The van der Waals surface area contributed by atoms with Crippen molar-refractivity contribution >= 4 is 6.01 Å². The molecule has 0 amide bonds. The fourth-order valence-corrected chi connectivity index (χ4v) is 1.22. The van der Waals surface area contributed by atoms with Gasteiger partial charge in [-0.1, -0.05) is 6.92 Å². The van der Waals surface area contributed by atoms with Gasteiger partial charge in [0.15, 0.2) is 5.76 Å². The number of nitrogens with two attached hydrogens (primary N) is 1. The molecule has 0 aliphatic rings. The third-order valence-electron chi connectivity index (χ3n) is 1.79. The van der Waals surface area contributed by atoms with Crippen LogP contribution in [0.3, 0.4) is 0 Å². The molecular formula is C9H10N2O2. The molecule has 13 heavy (non-hydrogen) atoms. The van der Waals surface area contributed by atoms with E-state index in [0.29, 0.717) is 11.5 Å². The lowest BCUT2D eigenvalue weighted by Crippen LogP contribution is -1.83. The van der Waals surface area contributed by atoms with Crippen LogP contribution in [0.5, 0.6) is 0 Å². The van der Waals surface area contributed by atoms with Crippen LogP contribution in [0.25, 0.3) is 11.5 Å². The Hall–Kier alpha value is -1.71. The normalized spacial score (nSPS) is 10.5. The second-order valence-corrected chi connectivity index (χ2v) is 2.65. The molecule has 0 aliphatic heterocycles. The zero-order valence-electron chi connectivity index (χ0n) is 7.28. The van der Waals surface area contributed by atoms with Gasteiger partial charge in [0.25, 0.3) is 6.01 Å². The number of aromatic nitrogens is 1. The van der Waals surface area contributed by atoms with Crippen molar-refractivity contribution in [3.63, 3.8) is 0 Å². The first-order valence-corrected chi connectivity index (χ1v) is 4.10. The van der Waals surface area contributed by atoms with Crippen LogP contribution in [0.15, 0.2) is 27.2 Å². The minimum atomic E-state index is 0.184. The molecule has 68 valence electrons. The van der Waals surface area contributed by atoms with Crippen LogP contribution in [0.4, 0.5) is 6.01 Å². The molecule has 0 aromatic carbocycles. The monoisotopic (exact) mass is 178 g/mol. The third-order valence-corrected chi connectivity index (χ3v) is 1.79. The van der Waals surface area contributed by atoms with Crippen LogP contribution in [0.1, 0.15) is 12.7 Å². The number of hydrogen-bond donors (Lipinski definition) is 1. The van der Waals surface area contributed by atoms with Crippen LogP contribution in [0, 0.1) is 0 Å². The van der Waals surface area contributed by atoms with Crippen molar-refractivity contribution in [2.75, 3.05) is 5.73 Å². The van der Waals surface area contributed by atoms with Crippen molar-refractivity contribution in [2.45, 2.75) is 13.3 Å². The Morgan fingerprint density at radius 2 is 2.38 bits per heavy atom. The molecule has 0 fully saturated rings. The van der Waals surface area contributed by atoms with Gasteiger partial charge in [0, 0.05) is 6.42 Å². The molecule has 0 aliphatic carbocycles. The van der Waals surface area contributed by atoms with Crippen molar-refractivity contribution in [1.82, 2.24) is 4.98 Å². The van der Waals surface area contributed by atoms with E-state index in [0.717, 1.165) is 12.2 Å². The molecule has 0 saturated carbocycles. The number of nitrogen functional groups attached to an aromatic ring is 1. The summed E-state index contributed by atoms with van der Waals surface area (Å²) in [5.41, 5.74) is 6.14. The van der Waals surface area contributed by atoms with Crippen molar-refractivity contribution < 1.29 is 8.83 Å². The van der Waals surface area contributed by atoms with Gasteiger partial charge in [-0.25, -0.2) is 0 Å². The van der Waals surface area contributed by atoms with Gasteiger partial charge in [-0.2, -0.15) is 4.98 Å². The molecule has 4 nitrogen and oxygen atoms in total. The summed E-state index contributed by atoms with van der Waals surface area (Å²) in [6.45, 7) is 1.98. The van der Waals surface area contributed by atoms with Gasteiger partial charge in [0.2, 0.25) is 0 Å².